The van der Waals surface area contributed by atoms with E-state index in [4.69, 9.17) is 4.55 Å². The zero-order chi connectivity index (χ0) is 13.8. The Labute approximate surface area is 138 Å². The van der Waals surface area contributed by atoms with E-state index in [1.807, 2.05) is 0 Å². The Balaban J connectivity index is 0.00000200. The standard InChI is InChI=1S/C11H8FN3O3S.Na.H/c12-8-1-3-9(4-2-8)15-10(16)7-5-13-11(14-6-7)19(17)18;;/h1-6H,(H,15,16)(H,17,18);;. The number of nitrogens with one attached hydrogen (secondary N) is 1. The summed E-state index contributed by atoms with van der Waals surface area (Å²) in [5, 5.41) is 2.23. The van der Waals surface area contributed by atoms with Crippen molar-refractivity contribution in [3.8, 4) is 0 Å². The number of halogens is 1. The van der Waals surface area contributed by atoms with Gasteiger partial charge in [-0.15, -0.1) is 0 Å². The second kappa shape index (κ2) is 7.55. The number of rotatable bonds is 3. The predicted molar refractivity (Wildman–Crippen MR) is 72.6 cm³/mol. The fraction of sp³-hybridized carbons (Fsp3) is 0. The van der Waals surface area contributed by atoms with E-state index >= 15 is 0 Å². The van der Waals surface area contributed by atoms with E-state index in [1.54, 1.807) is 0 Å². The van der Waals surface area contributed by atoms with Gasteiger partial charge in [0.05, 0.1) is 5.56 Å². The first kappa shape index (κ1) is 16.9. The van der Waals surface area contributed by atoms with E-state index in [9.17, 15) is 13.4 Å². The molecule has 0 aliphatic rings. The van der Waals surface area contributed by atoms with Crippen molar-refractivity contribution in [2.24, 2.45) is 0 Å². The van der Waals surface area contributed by atoms with Crippen molar-refractivity contribution in [1.82, 2.24) is 9.97 Å². The molecule has 1 aromatic carbocycles. The van der Waals surface area contributed by atoms with Gasteiger partial charge in [0.1, 0.15) is 5.82 Å². The average molecular weight is 305 g/mol. The Morgan fingerprint density at radius 2 is 1.75 bits per heavy atom. The maximum absolute atomic E-state index is 12.7. The van der Waals surface area contributed by atoms with Crippen molar-refractivity contribution >= 4 is 52.2 Å². The Kier molecular flexibility index (Phi) is 6.37. The van der Waals surface area contributed by atoms with Crippen LogP contribution < -0.4 is 5.32 Å². The summed E-state index contributed by atoms with van der Waals surface area (Å²) >= 11 is -2.29. The zero-order valence-corrected chi connectivity index (χ0v) is 10.2. The molecule has 2 N–H and O–H groups in total. The van der Waals surface area contributed by atoms with Crippen LogP contribution in [0.2, 0.25) is 0 Å². The molecule has 1 atom stereocenters. The Bertz CT molecular complexity index is 622. The molecule has 1 heterocycles. The molecule has 100 valence electrons. The first-order chi connectivity index (χ1) is 9.06. The van der Waals surface area contributed by atoms with Crippen LogP contribution >= 0.6 is 0 Å². The van der Waals surface area contributed by atoms with E-state index in [0.29, 0.717) is 5.69 Å². The summed E-state index contributed by atoms with van der Waals surface area (Å²) in [5.74, 6) is -0.905. The van der Waals surface area contributed by atoms with Crippen LogP contribution in [0.4, 0.5) is 10.1 Å². The summed E-state index contributed by atoms with van der Waals surface area (Å²) in [6, 6.07) is 5.24. The van der Waals surface area contributed by atoms with Crippen molar-refractivity contribution in [2.45, 2.75) is 5.16 Å². The number of benzene rings is 1. The number of amides is 1. The van der Waals surface area contributed by atoms with Crippen LogP contribution in [0.25, 0.3) is 0 Å². The van der Waals surface area contributed by atoms with Gasteiger partial charge < -0.3 is 5.32 Å². The van der Waals surface area contributed by atoms with E-state index in [1.165, 1.54) is 24.3 Å². The molecule has 0 aliphatic carbocycles. The molecule has 1 amide bonds. The minimum atomic E-state index is -2.29. The van der Waals surface area contributed by atoms with Gasteiger partial charge >= 0.3 is 29.6 Å². The van der Waals surface area contributed by atoms with E-state index in [0.717, 1.165) is 12.4 Å². The molecule has 0 saturated carbocycles. The fourth-order valence-electron chi connectivity index (χ4n) is 1.26. The number of carbonyl (C=O) groups excluding carboxylic acids is 1. The molecule has 0 spiro atoms. The molecule has 9 heteroatoms. The van der Waals surface area contributed by atoms with Crippen LogP contribution in [0.15, 0.2) is 41.8 Å². The number of anilines is 1. The van der Waals surface area contributed by atoms with Gasteiger partial charge in [-0.3, -0.25) is 9.35 Å². The number of hydrogen-bond donors (Lipinski definition) is 2. The van der Waals surface area contributed by atoms with Gasteiger partial charge in [0.2, 0.25) is 16.2 Å². The molecule has 2 rings (SSSR count). The summed E-state index contributed by atoms with van der Waals surface area (Å²) in [6.45, 7) is 0. The summed E-state index contributed by atoms with van der Waals surface area (Å²) < 4.78 is 32.1. The van der Waals surface area contributed by atoms with Crippen LogP contribution in [0.5, 0.6) is 0 Å². The number of nitrogens with zero attached hydrogens (tertiary/aromatic N) is 2. The van der Waals surface area contributed by atoms with Crippen LogP contribution in [0, 0.1) is 5.82 Å². The van der Waals surface area contributed by atoms with E-state index in [2.05, 4.69) is 15.3 Å². The third-order valence-corrected chi connectivity index (χ3v) is 2.67. The van der Waals surface area contributed by atoms with Gasteiger partial charge in [-0.2, -0.15) is 0 Å². The van der Waals surface area contributed by atoms with Crippen molar-refractivity contribution in [3.05, 3.63) is 48.0 Å². The second-order valence-corrected chi connectivity index (χ2v) is 4.33. The molecule has 0 bridgehead atoms. The van der Waals surface area contributed by atoms with Crippen molar-refractivity contribution in [3.63, 3.8) is 0 Å². The average Bonchev–Trinajstić information content (AvgIpc) is 2.41. The van der Waals surface area contributed by atoms with E-state index in [-0.39, 0.29) is 40.3 Å². The number of hydrogen-bond acceptors (Lipinski definition) is 4. The second-order valence-electron chi connectivity index (χ2n) is 3.46. The monoisotopic (exact) mass is 305 g/mol. The Morgan fingerprint density at radius 1 is 1.20 bits per heavy atom. The quantitative estimate of drug-likeness (QED) is 0.497. The summed E-state index contributed by atoms with van der Waals surface area (Å²) in [5.41, 5.74) is 0.541. The van der Waals surface area contributed by atoms with Crippen molar-refractivity contribution in [2.75, 3.05) is 5.32 Å². The first-order valence-electron chi connectivity index (χ1n) is 5.06. The number of carbonyl (C=O) groups is 1. The molecule has 0 saturated heterocycles. The normalized spacial score (nSPS) is 11.3. The third kappa shape index (κ3) is 4.43. The molecule has 20 heavy (non-hydrogen) atoms. The summed E-state index contributed by atoms with van der Waals surface area (Å²) in [7, 11) is 0. The Morgan fingerprint density at radius 3 is 2.25 bits per heavy atom. The predicted octanol–water partition coefficient (Wildman–Crippen LogP) is 0.800. The molecular weight excluding hydrogens is 296 g/mol. The van der Waals surface area contributed by atoms with Gasteiger partial charge in [0.15, 0.2) is 0 Å². The minimum absolute atomic E-state index is 0. The topological polar surface area (TPSA) is 92.2 Å². The molecule has 2 aromatic rings. The van der Waals surface area contributed by atoms with Crippen LogP contribution in [-0.4, -0.2) is 54.2 Å². The van der Waals surface area contributed by atoms with Gasteiger partial charge in [-0.1, -0.05) is 0 Å². The summed E-state index contributed by atoms with van der Waals surface area (Å²) in [6.07, 6.45) is 2.27. The zero-order valence-electron chi connectivity index (χ0n) is 9.41. The van der Waals surface area contributed by atoms with Crippen molar-refractivity contribution < 1.29 is 17.9 Å². The molecule has 1 unspecified atom stereocenters. The molecular formula is C11H9FN3NaO3S. The van der Waals surface area contributed by atoms with E-state index < -0.39 is 22.8 Å². The van der Waals surface area contributed by atoms with Crippen LogP contribution in [-0.2, 0) is 11.1 Å². The third-order valence-electron chi connectivity index (χ3n) is 2.15. The first-order valence-corrected chi connectivity index (χ1v) is 6.17. The van der Waals surface area contributed by atoms with Gasteiger partial charge in [-0.25, -0.2) is 18.6 Å². The molecule has 1 aromatic heterocycles. The molecule has 6 nitrogen and oxygen atoms in total. The fourth-order valence-corrected chi connectivity index (χ4v) is 1.55. The van der Waals surface area contributed by atoms with Crippen LogP contribution in [0.1, 0.15) is 10.4 Å². The van der Waals surface area contributed by atoms with Crippen LogP contribution in [0.3, 0.4) is 0 Å². The van der Waals surface area contributed by atoms with Gasteiger partial charge in [-0.05, 0) is 24.3 Å². The molecule has 0 fully saturated rings. The Hall–Kier alpha value is -1.19. The van der Waals surface area contributed by atoms with Crippen molar-refractivity contribution in [1.29, 1.82) is 0 Å². The summed E-state index contributed by atoms with van der Waals surface area (Å²) in [4.78, 5) is 18.9. The van der Waals surface area contributed by atoms with Gasteiger partial charge in [0.25, 0.3) is 5.91 Å². The van der Waals surface area contributed by atoms with Gasteiger partial charge in [0, 0.05) is 18.1 Å². The number of aromatic nitrogens is 2. The molecule has 0 radical (unpaired) electrons. The molecule has 0 aliphatic heterocycles. The maximum atomic E-state index is 12.7. The SMILES string of the molecule is O=C(Nc1ccc(F)cc1)c1cnc(S(=O)O)nc1.[NaH].